The molecule has 1 saturated heterocycles. The van der Waals surface area contributed by atoms with Crippen LogP contribution in [0.5, 0.6) is 0 Å². The van der Waals surface area contributed by atoms with Crippen molar-refractivity contribution < 1.29 is 13.2 Å². The number of aromatic nitrogens is 2. The Bertz CT molecular complexity index is 400. The van der Waals surface area contributed by atoms with Crippen molar-refractivity contribution >= 4 is 5.82 Å². The zero-order valence-corrected chi connectivity index (χ0v) is 9.82. The summed E-state index contributed by atoms with van der Waals surface area (Å²) in [5.74, 6) is -0.279. The van der Waals surface area contributed by atoms with Crippen LogP contribution in [0.4, 0.5) is 19.0 Å². The first kappa shape index (κ1) is 13.1. The molecule has 0 unspecified atom stereocenters. The van der Waals surface area contributed by atoms with E-state index in [0.717, 1.165) is 19.0 Å². The second kappa shape index (κ2) is 5.09. The van der Waals surface area contributed by atoms with Crippen LogP contribution in [0.2, 0.25) is 0 Å². The van der Waals surface area contributed by atoms with Gasteiger partial charge in [0.25, 0.3) is 0 Å². The largest absolute Gasteiger partial charge is 0.451 e. The molecule has 100 valence electrons. The molecular formula is C11H15F3N4. The van der Waals surface area contributed by atoms with Crippen LogP contribution in [0, 0.1) is 5.92 Å². The molecule has 1 aromatic rings. The van der Waals surface area contributed by atoms with E-state index in [-0.39, 0.29) is 0 Å². The summed E-state index contributed by atoms with van der Waals surface area (Å²) in [4.78, 5) is 8.68. The van der Waals surface area contributed by atoms with Gasteiger partial charge in [0, 0.05) is 19.3 Å². The van der Waals surface area contributed by atoms with Gasteiger partial charge in [-0.05, 0) is 31.4 Å². The number of alkyl halides is 3. The Hall–Kier alpha value is -1.37. The highest BCUT2D eigenvalue weighted by molar-refractivity contribution is 5.38. The first-order valence-corrected chi connectivity index (χ1v) is 5.86. The molecule has 2 rings (SSSR count). The van der Waals surface area contributed by atoms with Gasteiger partial charge >= 0.3 is 6.18 Å². The molecule has 0 aliphatic carbocycles. The summed E-state index contributed by atoms with van der Waals surface area (Å²) in [6.07, 6.45) is -1.56. The van der Waals surface area contributed by atoms with E-state index in [2.05, 4.69) is 9.97 Å². The van der Waals surface area contributed by atoms with Gasteiger partial charge in [-0.15, -0.1) is 0 Å². The predicted molar refractivity (Wildman–Crippen MR) is 61.0 cm³/mol. The molecule has 0 bridgehead atoms. The summed E-state index contributed by atoms with van der Waals surface area (Å²) >= 11 is 0. The standard InChI is InChI=1S/C11H15F3N4/c12-11(13,14)10-16-4-1-9(17-10)18-5-2-8(7-15)3-6-18/h1,4,8H,2-3,5-7,15H2. The molecule has 0 aromatic carbocycles. The van der Waals surface area contributed by atoms with Gasteiger partial charge in [-0.1, -0.05) is 0 Å². The molecule has 1 aromatic heterocycles. The Morgan fingerprint density at radius 3 is 2.56 bits per heavy atom. The van der Waals surface area contributed by atoms with E-state index in [9.17, 15) is 13.2 Å². The van der Waals surface area contributed by atoms with Crippen molar-refractivity contribution in [3.63, 3.8) is 0 Å². The fraction of sp³-hybridized carbons (Fsp3) is 0.636. The lowest BCUT2D eigenvalue weighted by Gasteiger charge is -2.32. The van der Waals surface area contributed by atoms with Gasteiger partial charge in [0.2, 0.25) is 5.82 Å². The minimum absolute atomic E-state index is 0.341. The molecule has 2 heterocycles. The number of rotatable bonds is 2. The maximum Gasteiger partial charge on any atom is 0.451 e. The number of halogens is 3. The van der Waals surface area contributed by atoms with Gasteiger partial charge in [-0.3, -0.25) is 0 Å². The van der Waals surface area contributed by atoms with Gasteiger partial charge in [0.05, 0.1) is 0 Å². The van der Waals surface area contributed by atoms with Crippen LogP contribution < -0.4 is 10.6 Å². The Balaban J connectivity index is 2.10. The van der Waals surface area contributed by atoms with Crippen molar-refractivity contribution in [3.05, 3.63) is 18.1 Å². The number of piperidine rings is 1. The number of hydrogen-bond donors (Lipinski definition) is 1. The van der Waals surface area contributed by atoms with Crippen LogP contribution in [-0.2, 0) is 6.18 Å². The third-order valence-corrected chi connectivity index (χ3v) is 3.17. The molecule has 2 N–H and O–H groups in total. The van der Waals surface area contributed by atoms with E-state index in [1.807, 2.05) is 4.90 Å². The molecule has 7 heteroatoms. The van der Waals surface area contributed by atoms with Crippen molar-refractivity contribution in [2.75, 3.05) is 24.5 Å². The highest BCUT2D eigenvalue weighted by Gasteiger charge is 2.35. The number of nitrogens with zero attached hydrogens (tertiary/aromatic N) is 3. The van der Waals surface area contributed by atoms with Crippen LogP contribution in [-0.4, -0.2) is 29.6 Å². The van der Waals surface area contributed by atoms with Crippen LogP contribution in [0.25, 0.3) is 0 Å². The molecule has 0 amide bonds. The number of nitrogens with two attached hydrogens (primary N) is 1. The number of anilines is 1. The van der Waals surface area contributed by atoms with Crippen molar-refractivity contribution in [2.45, 2.75) is 19.0 Å². The zero-order valence-electron chi connectivity index (χ0n) is 9.82. The maximum absolute atomic E-state index is 12.5. The molecule has 0 atom stereocenters. The minimum Gasteiger partial charge on any atom is -0.356 e. The van der Waals surface area contributed by atoms with Gasteiger partial charge in [0.1, 0.15) is 5.82 Å². The molecule has 18 heavy (non-hydrogen) atoms. The minimum atomic E-state index is -4.49. The van der Waals surface area contributed by atoms with Crippen LogP contribution >= 0.6 is 0 Å². The van der Waals surface area contributed by atoms with Gasteiger partial charge in [-0.2, -0.15) is 13.2 Å². The molecule has 1 aliphatic heterocycles. The van der Waals surface area contributed by atoms with E-state index >= 15 is 0 Å². The SMILES string of the molecule is NCC1CCN(c2ccnc(C(F)(F)F)n2)CC1. The molecule has 4 nitrogen and oxygen atoms in total. The molecule has 0 spiro atoms. The monoisotopic (exact) mass is 260 g/mol. The molecule has 1 aliphatic rings. The van der Waals surface area contributed by atoms with Gasteiger partial charge in [-0.25, -0.2) is 9.97 Å². The summed E-state index contributed by atoms with van der Waals surface area (Å²) in [5, 5.41) is 0. The highest BCUT2D eigenvalue weighted by Crippen LogP contribution is 2.28. The lowest BCUT2D eigenvalue weighted by Crippen LogP contribution is -2.36. The van der Waals surface area contributed by atoms with Crippen molar-refractivity contribution in [1.29, 1.82) is 0 Å². The first-order valence-electron chi connectivity index (χ1n) is 5.86. The van der Waals surface area contributed by atoms with E-state index in [1.54, 1.807) is 0 Å². The second-order valence-corrected chi connectivity index (χ2v) is 4.40. The van der Waals surface area contributed by atoms with E-state index in [4.69, 9.17) is 5.73 Å². The topological polar surface area (TPSA) is 55.0 Å². The Morgan fingerprint density at radius 2 is 2.00 bits per heavy atom. The Morgan fingerprint density at radius 1 is 1.33 bits per heavy atom. The molecular weight excluding hydrogens is 245 g/mol. The molecule has 0 radical (unpaired) electrons. The zero-order chi connectivity index (χ0) is 13.2. The first-order chi connectivity index (χ1) is 8.50. The molecule has 1 fully saturated rings. The fourth-order valence-corrected chi connectivity index (χ4v) is 2.06. The second-order valence-electron chi connectivity index (χ2n) is 4.40. The summed E-state index contributed by atoms with van der Waals surface area (Å²) in [6.45, 7) is 2.01. The highest BCUT2D eigenvalue weighted by atomic mass is 19.4. The lowest BCUT2D eigenvalue weighted by molar-refractivity contribution is -0.144. The smallest absolute Gasteiger partial charge is 0.356 e. The summed E-state index contributed by atoms with van der Waals surface area (Å²) in [6, 6.07) is 1.51. The van der Waals surface area contributed by atoms with E-state index < -0.39 is 12.0 Å². The number of hydrogen-bond acceptors (Lipinski definition) is 4. The fourth-order valence-electron chi connectivity index (χ4n) is 2.06. The van der Waals surface area contributed by atoms with Crippen molar-refractivity contribution in [1.82, 2.24) is 9.97 Å². The quantitative estimate of drug-likeness (QED) is 0.878. The third-order valence-electron chi connectivity index (χ3n) is 3.17. The third kappa shape index (κ3) is 2.90. The lowest BCUT2D eigenvalue weighted by atomic mass is 9.97. The van der Waals surface area contributed by atoms with Crippen molar-refractivity contribution in [3.8, 4) is 0 Å². The van der Waals surface area contributed by atoms with E-state index in [1.165, 1.54) is 6.07 Å². The summed E-state index contributed by atoms with van der Waals surface area (Å²) in [5.41, 5.74) is 5.58. The van der Waals surface area contributed by atoms with Crippen LogP contribution in [0.15, 0.2) is 12.3 Å². The van der Waals surface area contributed by atoms with E-state index in [0.29, 0.717) is 31.4 Å². The average Bonchev–Trinajstić information content (AvgIpc) is 2.38. The summed E-state index contributed by atoms with van der Waals surface area (Å²) < 4.78 is 37.5. The predicted octanol–water partition coefficient (Wildman–Crippen LogP) is 1.67. The maximum atomic E-state index is 12.5. The Labute approximate surface area is 103 Å². The van der Waals surface area contributed by atoms with Crippen molar-refractivity contribution in [2.24, 2.45) is 11.7 Å². The van der Waals surface area contributed by atoms with Gasteiger partial charge < -0.3 is 10.6 Å². The summed E-state index contributed by atoms with van der Waals surface area (Å²) in [7, 11) is 0. The van der Waals surface area contributed by atoms with Gasteiger partial charge in [0.15, 0.2) is 0 Å². The normalized spacial score (nSPS) is 18.1. The van der Waals surface area contributed by atoms with Crippen LogP contribution in [0.1, 0.15) is 18.7 Å². The molecule has 0 saturated carbocycles. The Kier molecular flexibility index (Phi) is 3.70. The van der Waals surface area contributed by atoms with Crippen LogP contribution in [0.3, 0.4) is 0 Å². The average molecular weight is 260 g/mol.